The van der Waals surface area contributed by atoms with Gasteiger partial charge in [0.1, 0.15) is 11.8 Å². The summed E-state index contributed by atoms with van der Waals surface area (Å²) in [5.74, 6) is -2.44. The first-order valence-electron chi connectivity index (χ1n) is 7.09. The van der Waals surface area contributed by atoms with Crippen molar-refractivity contribution in [2.45, 2.75) is 12.5 Å². The van der Waals surface area contributed by atoms with Crippen LogP contribution in [0.2, 0.25) is 0 Å². The van der Waals surface area contributed by atoms with Crippen LogP contribution >= 0.6 is 0 Å². The van der Waals surface area contributed by atoms with E-state index < -0.39 is 33.8 Å². The largest absolute Gasteiger partial charge is 0.467 e. The number of ether oxygens (including phenoxy) is 1. The third-order valence-corrected chi connectivity index (χ3v) is 4.18. The molecule has 1 atom stereocenters. The summed E-state index contributed by atoms with van der Waals surface area (Å²) in [5, 5.41) is 4.14. The van der Waals surface area contributed by atoms with E-state index in [1.54, 1.807) is 12.1 Å². The Morgan fingerprint density at radius 2 is 1.83 bits per heavy atom. The number of benzene rings is 2. The lowest BCUT2D eigenvalue weighted by molar-refractivity contribution is -0.144. The molecular formula is C16H17NO6S. The van der Waals surface area contributed by atoms with Gasteiger partial charge >= 0.3 is 5.97 Å². The van der Waals surface area contributed by atoms with Gasteiger partial charge < -0.3 is 10.1 Å². The predicted octanol–water partition coefficient (Wildman–Crippen LogP) is 0.928. The van der Waals surface area contributed by atoms with E-state index in [4.69, 9.17) is 4.55 Å². The van der Waals surface area contributed by atoms with Crippen LogP contribution in [0.4, 0.5) is 0 Å². The summed E-state index contributed by atoms with van der Waals surface area (Å²) in [6.45, 7) is 0. The van der Waals surface area contributed by atoms with E-state index >= 15 is 0 Å². The van der Waals surface area contributed by atoms with Gasteiger partial charge in [0.15, 0.2) is 0 Å². The number of esters is 1. The van der Waals surface area contributed by atoms with Crippen LogP contribution in [0.15, 0.2) is 42.5 Å². The zero-order valence-electron chi connectivity index (χ0n) is 12.9. The second-order valence-corrected chi connectivity index (χ2v) is 6.70. The molecule has 0 spiro atoms. The van der Waals surface area contributed by atoms with Gasteiger partial charge in [0, 0.05) is 0 Å². The minimum atomic E-state index is -4.45. The summed E-state index contributed by atoms with van der Waals surface area (Å²) in [6.07, 6.45) is -0.0413. The highest BCUT2D eigenvalue weighted by Gasteiger charge is 2.27. The lowest BCUT2D eigenvalue weighted by atomic mass is 10.0. The van der Waals surface area contributed by atoms with Crippen molar-refractivity contribution in [1.82, 2.24) is 5.32 Å². The lowest BCUT2D eigenvalue weighted by Gasteiger charge is -2.15. The number of fused-ring (bicyclic) bond motifs is 1. The normalized spacial score (nSPS) is 12.6. The molecule has 0 aromatic heterocycles. The zero-order chi connectivity index (χ0) is 17.7. The molecule has 0 aliphatic carbocycles. The van der Waals surface area contributed by atoms with Crippen LogP contribution in [-0.4, -0.2) is 43.8 Å². The maximum atomic E-state index is 12.2. The van der Waals surface area contributed by atoms with Crippen LogP contribution in [0.5, 0.6) is 0 Å². The van der Waals surface area contributed by atoms with E-state index in [2.05, 4.69) is 10.1 Å². The number of nitrogens with one attached hydrogen (secondary N) is 1. The highest BCUT2D eigenvalue weighted by molar-refractivity contribution is 7.85. The first kappa shape index (κ1) is 17.9. The smallest absolute Gasteiger partial charge is 0.329 e. The maximum absolute atomic E-state index is 12.2. The van der Waals surface area contributed by atoms with Crippen molar-refractivity contribution in [3.05, 3.63) is 48.0 Å². The van der Waals surface area contributed by atoms with Gasteiger partial charge in [0.05, 0.1) is 13.5 Å². The fraction of sp³-hybridized carbons (Fsp3) is 0.250. The van der Waals surface area contributed by atoms with Gasteiger partial charge in [-0.15, -0.1) is 0 Å². The second kappa shape index (κ2) is 7.41. The fourth-order valence-electron chi connectivity index (χ4n) is 2.39. The quantitative estimate of drug-likeness (QED) is 0.592. The van der Waals surface area contributed by atoms with Crippen molar-refractivity contribution >= 4 is 32.8 Å². The summed E-state index contributed by atoms with van der Waals surface area (Å²) >= 11 is 0. The molecule has 0 aliphatic heterocycles. The summed E-state index contributed by atoms with van der Waals surface area (Å²) < 4.78 is 35.3. The summed E-state index contributed by atoms with van der Waals surface area (Å²) in [6, 6.07) is 11.5. The number of carbonyl (C=O) groups is 2. The monoisotopic (exact) mass is 351 g/mol. The number of hydrogen-bond donors (Lipinski definition) is 2. The van der Waals surface area contributed by atoms with Crippen LogP contribution in [0.3, 0.4) is 0 Å². The zero-order valence-corrected chi connectivity index (χ0v) is 13.7. The predicted molar refractivity (Wildman–Crippen MR) is 88.0 cm³/mol. The number of rotatable bonds is 6. The molecule has 2 N–H and O–H groups in total. The van der Waals surface area contributed by atoms with Crippen molar-refractivity contribution in [3.63, 3.8) is 0 Å². The van der Waals surface area contributed by atoms with Crippen LogP contribution in [0.25, 0.3) is 10.8 Å². The van der Waals surface area contributed by atoms with Crippen molar-refractivity contribution in [2.75, 3.05) is 12.9 Å². The average Bonchev–Trinajstić information content (AvgIpc) is 2.52. The molecule has 1 amide bonds. The van der Waals surface area contributed by atoms with Gasteiger partial charge in [0.2, 0.25) is 5.91 Å². The molecule has 2 aromatic carbocycles. The Morgan fingerprint density at radius 1 is 1.17 bits per heavy atom. The molecule has 0 saturated heterocycles. The molecule has 0 bridgehead atoms. The molecule has 24 heavy (non-hydrogen) atoms. The van der Waals surface area contributed by atoms with Crippen molar-refractivity contribution < 1.29 is 27.3 Å². The summed E-state index contributed by atoms with van der Waals surface area (Å²) in [4.78, 5) is 23.8. The van der Waals surface area contributed by atoms with Gasteiger partial charge in [-0.3, -0.25) is 9.35 Å². The second-order valence-electron chi connectivity index (χ2n) is 5.21. The van der Waals surface area contributed by atoms with Gasteiger partial charge in [-0.1, -0.05) is 42.5 Å². The Bertz CT molecular complexity index is 857. The molecule has 0 radical (unpaired) electrons. The minimum Gasteiger partial charge on any atom is -0.467 e. The van der Waals surface area contributed by atoms with E-state index in [0.717, 1.165) is 23.4 Å². The fourth-order valence-corrected chi connectivity index (χ4v) is 3.03. The van der Waals surface area contributed by atoms with Crippen LogP contribution in [-0.2, 0) is 30.9 Å². The molecule has 2 aromatic rings. The van der Waals surface area contributed by atoms with Gasteiger partial charge in [-0.25, -0.2) is 4.79 Å². The first-order chi connectivity index (χ1) is 11.3. The molecule has 128 valence electrons. The van der Waals surface area contributed by atoms with E-state index in [-0.39, 0.29) is 6.42 Å². The van der Waals surface area contributed by atoms with E-state index in [1.807, 2.05) is 30.3 Å². The molecule has 7 nitrogen and oxygen atoms in total. The Balaban J connectivity index is 2.17. The number of amides is 1. The highest BCUT2D eigenvalue weighted by atomic mass is 32.2. The highest BCUT2D eigenvalue weighted by Crippen LogP contribution is 2.18. The van der Waals surface area contributed by atoms with E-state index in [9.17, 15) is 18.0 Å². The molecule has 2 rings (SSSR count). The molecule has 0 unspecified atom stereocenters. The van der Waals surface area contributed by atoms with Crippen LogP contribution in [0.1, 0.15) is 5.56 Å². The lowest BCUT2D eigenvalue weighted by Crippen LogP contribution is -2.46. The maximum Gasteiger partial charge on any atom is 0.329 e. The number of hydrogen-bond acceptors (Lipinski definition) is 5. The Morgan fingerprint density at radius 3 is 2.50 bits per heavy atom. The summed E-state index contributed by atoms with van der Waals surface area (Å²) in [5.41, 5.74) is 0.737. The van der Waals surface area contributed by atoms with E-state index in [0.29, 0.717) is 0 Å². The first-order valence-corrected chi connectivity index (χ1v) is 8.70. The Hall–Kier alpha value is -2.45. The molecule has 0 heterocycles. The van der Waals surface area contributed by atoms with Gasteiger partial charge in [0.25, 0.3) is 10.1 Å². The topological polar surface area (TPSA) is 110 Å². The third-order valence-electron chi connectivity index (χ3n) is 3.43. The van der Waals surface area contributed by atoms with Crippen molar-refractivity contribution in [2.24, 2.45) is 0 Å². The number of methoxy groups -OCH3 is 1. The van der Waals surface area contributed by atoms with Crippen molar-refractivity contribution in [1.29, 1.82) is 0 Å². The number of carbonyl (C=O) groups excluding carboxylic acids is 2. The molecule has 0 fully saturated rings. The SMILES string of the molecule is COC(=O)[C@H](CS(=O)(=O)O)NC(=O)Cc1cccc2ccccc12. The van der Waals surface area contributed by atoms with Gasteiger partial charge in [-0.05, 0) is 16.3 Å². The van der Waals surface area contributed by atoms with Crippen LogP contribution in [0, 0.1) is 0 Å². The molecular weight excluding hydrogens is 334 g/mol. The van der Waals surface area contributed by atoms with Gasteiger partial charge in [-0.2, -0.15) is 8.42 Å². The third kappa shape index (κ3) is 4.77. The van der Waals surface area contributed by atoms with E-state index in [1.165, 1.54) is 0 Å². The Labute approximate surface area is 139 Å². The van der Waals surface area contributed by atoms with Crippen LogP contribution < -0.4 is 5.32 Å². The van der Waals surface area contributed by atoms with Crippen molar-refractivity contribution in [3.8, 4) is 0 Å². The molecule has 0 aliphatic rings. The standard InChI is InChI=1S/C16H17NO6S/c1-23-16(19)14(10-24(20,21)22)17-15(18)9-12-7-4-6-11-5-2-3-8-13(11)12/h2-8,14H,9-10H2,1H3,(H,17,18)(H,20,21,22)/t14-/m0/s1. The Kier molecular flexibility index (Phi) is 5.53. The molecule has 0 saturated carbocycles. The average molecular weight is 351 g/mol. The minimum absolute atomic E-state index is 0.0413. The summed E-state index contributed by atoms with van der Waals surface area (Å²) in [7, 11) is -3.38. The molecule has 8 heteroatoms.